The summed E-state index contributed by atoms with van der Waals surface area (Å²) in [4.78, 5) is 0. The molecule has 4 atom stereocenters. The van der Waals surface area contributed by atoms with E-state index in [9.17, 15) is 5.11 Å². The second kappa shape index (κ2) is 4.43. The summed E-state index contributed by atoms with van der Waals surface area (Å²) < 4.78 is 5.46. The Bertz CT molecular complexity index is 156. The van der Waals surface area contributed by atoms with Gasteiger partial charge in [0.15, 0.2) is 0 Å². The minimum absolute atomic E-state index is 0.190. The van der Waals surface area contributed by atoms with Crippen LogP contribution in [0.3, 0.4) is 0 Å². The fourth-order valence-electron chi connectivity index (χ4n) is 1.91. The Hall–Kier alpha value is -0.0800. The van der Waals surface area contributed by atoms with E-state index in [1.165, 1.54) is 0 Å². The van der Waals surface area contributed by atoms with E-state index in [0.717, 1.165) is 13.0 Å². The molecule has 13 heavy (non-hydrogen) atoms. The highest BCUT2D eigenvalue weighted by Crippen LogP contribution is 2.28. The van der Waals surface area contributed by atoms with Crippen molar-refractivity contribution in [3.8, 4) is 0 Å². The number of hydrogen-bond acceptors (Lipinski definition) is 2. The summed E-state index contributed by atoms with van der Waals surface area (Å²) in [6, 6.07) is 0. The first-order valence-corrected chi connectivity index (χ1v) is 5.32. The van der Waals surface area contributed by atoms with Gasteiger partial charge in [0.2, 0.25) is 0 Å². The number of aliphatic hydroxyl groups is 1. The minimum atomic E-state index is -0.190. The Kier molecular flexibility index (Phi) is 3.74. The molecule has 1 fully saturated rings. The largest absolute Gasteiger partial charge is 0.392 e. The molecule has 0 spiro atoms. The van der Waals surface area contributed by atoms with E-state index >= 15 is 0 Å². The molecule has 0 aliphatic carbocycles. The van der Waals surface area contributed by atoms with Crippen LogP contribution in [-0.4, -0.2) is 23.9 Å². The summed E-state index contributed by atoms with van der Waals surface area (Å²) in [6.45, 7) is 9.25. The number of aliphatic hydroxyl groups excluding tert-OH is 1. The van der Waals surface area contributed by atoms with Crippen molar-refractivity contribution in [1.29, 1.82) is 0 Å². The summed E-state index contributed by atoms with van der Waals surface area (Å²) in [7, 11) is 0. The van der Waals surface area contributed by atoms with E-state index in [4.69, 9.17) is 4.74 Å². The Labute approximate surface area is 81.3 Å². The normalized spacial score (nSPS) is 33.7. The maximum atomic E-state index is 10.0. The van der Waals surface area contributed by atoms with Gasteiger partial charge in [0.25, 0.3) is 0 Å². The lowest BCUT2D eigenvalue weighted by Gasteiger charge is -2.26. The second-order valence-corrected chi connectivity index (χ2v) is 4.73. The second-order valence-electron chi connectivity index (χ2n) is 4.73. The quantitative estimate of drug-likeness (QED) is 0.731. The highest BCUT2D eigenvalue weighted by Gasteiger charge is 2.32. The third-order valence-electron chi connectivity index (χ3n) is 3.30. The topological polar surface area (TPSA) is 29.5 Å². The Morgan fingerprint density at radius 2 is 1.92 bits per heavy atom. The average Bonchev–Trinajstić information content (AvgIpc) is 2.49. The van der Waals surface area contributed by atoms with Gasteiger partial charge in [-0.3, -0.25) is 0 Å². The number of hydrogen-bond donors (Lipinski definition) is 1. The molecule has 1 N–H and O–H groups in total. The van der Waals surface area contributed by atoms with Crippen molar-refractivity contribution in [2.24, 2.45) is 17.8 Å². The maximum Gasteiger partial charge on any atom is 0.0619 e. The van der Waals surface area contributed by atoms with E-state index in [-0.39, 0.29) is 6.10 Å². The van der Waals surface area contributed by atoms with Crippen LogP contribution in [-0.2, 0) is 4.74 Å². The van der Waals surface area contributed by atoms with Crippen molar-refractivity contribution in [3.05, 3.63) is 0 Å². The summed E-state index contributed by atoms with van der Waals surface area (Å²) in [5.74, 6) is 1.28. The lowest BCUT2D eigenvalue weighted by molar-refractivity contribution is 0.0303. The van der Waals surface area contributed by atoms with Crippen molar-refractivity contribution in [2.75, 3.05) is 6.61 Å². The SMILES string of the molecule is CC1CC(C(O)C(C)C(C)C)CO1. The minimum Gasteiger partial charge on any atom is -0.392 e. The molecular weight excluding hydrogens is 164 g/mol. The van der Waals surface area contributed by atoms with E-state index in [1.54, 1.807) is 0 Å². The zero-order chi connectivity index (χ0) is 10.0. The van der Waals surface area contributed by atoms with Gasteiger partial charge in [-0.15, -0.1) is 0 Å². The van der Waals surface area contributed by atoms with Gasteiger partial charge in [-0.25, -0.2) is 0 Å². The smallest absolute Gasteiger partial charge is 0.0619 e. The van der Waals surface area contributed by atoms with E-state index in [2.05, 4.69) is 27.7 Å². The van der Waals surface area contributed by atoms with Crippen LogP contribution in [0.15, 0.2) is 0 Å². The molecule has 0 bridgehead atoms. The molecule has 0 saturated carbocycles. The van der Waals surface area contributed by atoms with Gasteiger partial charge in [0.1, 0.15) is 0 Å². The molecule has 1 rings (SSSR count). The Morgan fingerprint density at radius 3 is 2.31 bits per heavy atom. The third-order valence-corrected chi connectivity index (χ3v) is 3.30. The first-order valence-electron chi connectivity index (χ1n) is 5.32. The van der Waals surface area contributed by atoms with Crippen LogP contribution < -0.4 is 0 Å². The zero-order valence-electron chi connectivity index (χ0n) is 9.16. The molecule has 1 heterocycles. The highest BCUT2D eigenvalue weighted by atomic mass is 16.5. The monoisotopic (exact) mass is 186 g/mol. The standard InChI is InChI=1S/C11H22O2/c1-7(2)9(4)11(12)10-5-8(3)13-6-10/h7-12H,5-6H2,1-4H3. The Balaban J connectivity index is 2.43. The highest BCUT2D eigenvalue weighted by molar-refractivity contribution is 4.81. The zero-order valence-corrected chi connectivity index (χ0v) is 9.16. The summed E-state index contributed by atoms with van der Waals surface area (Å²) in [6.07, 6.45) is 1.15. The van der Waals surface area contributed by atoms with Crippen molar-refractivity contribution in [2.45, 2.75) is 46.3 Å². The van der Waals surface area contributed by atoms with Crippen LogP contribution in [0.1, 0.15) is 34.1 Å². The van der Waals surface area contributed by atoms with E-state index < -0.39 is 0 Å². The molecule has 4 unspecified atom stereocenters. The molecule has 2 nitrogen and oxygen atoms in total. The first kappa shape index (κ1) is 11.0. The van der Waals surface area contributed by atoms with Crippen LogP contribution in [0, 0.1) is 17.8 Å². The van der Waals surface area contributed by atoms with Gasteiger partial charge in [0, 0.05) is 5.92 Å². The van der Waals surface area contributed by atoms with Crippen LogP contribution in [0.2, 0.25) is 0 Å². The lowest BCUT2D eigenvalue weighted by atomic mass is 9.84. The van der Waals surface area contributed by atoms with Crippen LogP contribution in [0.25, 0.3) is 0 Å². The van der Waals surface area contributed by atoms with Gasteiger partial charge in [0.05, 0.1) is 18.8 Å². The molecule has 0 aromatic heterocycles. The summed E-state index contributed by atoms with van der Waals surface area (Å²) in [5, 5.41) is 10.0. The van der Waals surface area contributed by atoms with E-state index in [1.807, 2.05) is 0 Å². The summed E-state index contributed by atoms with van der Waals surface area (Å²) >= 11 is 0. The predicted octanol–water partition coefficient (Wildman–Crippen LogP) is 2.06. The number of rotatable bonds is 3. The van der Waals surface area contributed by atoms with Crippen LogP contribution in [0.4, 0.5) is 0 Å². The van der Waals surface area contributed by atoms with Crippen molar-refractivity contribution in [1.82, 2.24) is 0 Å². The van der Waals surface area contributed by atoms with Crippen LogP contribution in [0.5, 0.6) is 0 Å². The van der Waals surface area contributed by atoms with Gasteiger partial charge < -0.3 is 9.84 Å². The maximum absolute atomic E-state index is 10.0. The molecule has 0 aromatic carbocycles. The summed E-state index contributed by atoms with van der Waals surface area (Å²) in [5.41, 5.74) is 0. The molecule has 78 valence electrons. The lowest BCUT2D eigenvalue weighted by Crippen LogP contribution is -2.30. The average molecular weight is 186 g/mol. The number of ether oxygens (including phenoxy) is 1. The molecular formula is C11H22O2. The van der Waals surface area contributed by atoms with Crippen molar-refractivity contribution >= 4 is 0 Å². The molecule has 1 aliphatic heterocycles. The van der Waals surface area contributed by atoms with Gasteiger partial charge in [-0.1, -0.05) is 20.8 Å². The van der Waals surface area contributed by atoms with Gasteiger partial charge >= 0.3 is 0 Å². The fraction of sp³-hybridized carbons (Fsp3) is 1.00. The molecule has 0 radical (unpaired) electrons. The van der Waals surface area contributed by atoms with Crippen molar-refractivity contribution in [3.63, 3.8) is 0 Å². The third kappa shape index (κ3) is 2.68. The molecule has 0 amide bonds. The molecule has 2 heteroatoms. The van der Waals surface area contributed by atoms with Crippen LogP contribution >= 0.6 is 0 Å². The fourth-order valence-corrected chi connectivity index (χ4v) is 1.91. The molecule has 1 saturated heterocycles. The molecule has 0 aromatic rings. The molecule has 1 aliphatic rings. The Morgan fingerprint density at radius 1 is 1.31 bits per heavy atom. The van der Waals surface area contributed by atoms with Gasteiger partial charge in [-0.05, 0) is 25.2 Å². The van der Waals surface area contributed by atoms with Gasteiger partial charge in [-0.2, -0.15) is 0 Å². The first-order chi connectivity index (χ1) is 6.02. The van der Waals surface area contributed by atoms with E-state index in [0.29, 0.717) is 23.9 Å². The van der Waals surface area contributed by atoms with Crippen molar-refractivity contribution < 1.29 is 9.84 Å². The predicted molar refractivity (Wildman–Crippen MR) is 53.5 cm³/mol.